The van der Waals surface area contributed by atoms with Gasteiger partial charge in [0.2, 0.25) is 0 Å². The van der Waals surface area contributed by atoms with E-state index < -0.39 is 6.04 Å². The van der Waals surface area contributed by atoms with Crippen LogP contribution in [0.25, 0.3) is 0 Å². The van der Waals surface area contributed by atoms with Crippen LogP contribution in [0.5, 0.6) is 0 Å². The molecule has 2 aromatic rings. The fourth-order valence-electron chi connectivity index (χ4n) is 2.06. The summed E-state index contributed by atoms with van der Waals surface area (Å²) in [4.78, 5) is 0. The zero-order valence-corrected chi connectivity index (χ0v) is 11.8. The van der Waals surface area contributed by atoms with Gasteiger partial charge in [-0.1, -0.05) is 22.0 Å². The summed E-state index contributed by atoms with van der Waals surface area (Å²) < 4.78 is 27.5. The van der Waals surface area contributed by atoms with Crippen LogP contribution in [0.2, 0.25) is 0 Å². The Balaban J connectivity index is 2.49. The molecule has 1 unspecified atom stereocenters. The van der Waals surface area contributed by atoms with Crippen molar-refractivity contribution in [3.63, 3.8) is 0 Å². The van der Waals surface area contributed by atoms with E-state index in [-0.39, 0.29) is 11.6 Å². The van der Waals surface area contributed by atoms with E-state index in [1.807, 2.05) is 6.07 Å². The zero-order chi connectivity index (χ0) is 14.0. The van der Waals surface area contributed by atoms with Gasteiger partial charge in [0.15, 0.2) is 0 Å². The number of rotatable bonds is 3. The lowest BCUT2D eigenvalue weighted by molar-refractivity contribution is 0.593. The largest absolute Gasteiger partial charge is 0.271 e. The summed E-state index contributed by atoms with van der Waals surface area (Å²) in [5.74, 6) is 4.81. The summed E-state index contributed by atoms with van der Waals surface area (Å²) >= 11 is 3.23. The van der Waals surface area contributed by atoms with Crippen molar-refractivity contribution in [2.75, 3.05) is 0 Å². The second kappa shape index (κ2) is 5.77. The smallest absolute Gasteiger partial charge is 0.124 e. The van der Waals surface area contributed by atoms with Gasteiger partial charge in [-0.2, -0.15) is 0 Å². The number of aryl methyl sites for hydroxylation is 1. The van der Waals surface area contributed by atoms with Gasteiger partial charge in [0.05, 0.1) is 6.04 Å². The van der Waals surface area contributed by atoms with Crippen molar-refractivity contribution in [1.82, 2.24) is 5.43 Å². The molecular formula is C14H13BrF2N2. The molecule has 0 saturated heterocycles. The Kier molecular flexibility index (Phi) is 4.29. The van der Waals surface area contributed by atoms with Crippen molar-refractivity contribution in [3.8, 4) is 0 Å². The van der Waals surface area contributed by atoms with Gasteiger partial charge in [0, 0.05) is 4.47 Å². The highest BCUT2D eigenvalue weighted by molar-refractivity contribution is 9.10. The molecule has 3 N–H and O–H groups in total. The fourth-order valence-corrected chi connectivity index (χ4v) is 2.54. The normalized spacial score (nSPS) is 12.5. The Morgan fingerprint density at radius 2 is 1.58 bits per heavy atom. The lowest BCUT2D eigenvalue weighted by Crippen LogP contribution is -2.29. The molecule has 0 aliphatic rings. The molecule has 0 aliphatic carbocycles. The molecule has 1 atom stereocenters. The van der Waals surface area contributed by atoms with Crippen LogP contribution in [-0.4, -0.2) is 0 Å². The maximum Gasteiger partial charge on any atom is 0.124 e. The van der Waals surface area contributed by atoms with Crippen molar-refractivity contribution in [2.45, 2.75) is 13.0 Å². The van der Waals surface area contributed by atoms with E-state index in [1.54, 1.807) is 13.0 Å². The van der Waals surface area contributed by atoms with Crippen LogP contribution in [0.4, 0.5) is 8.78 Å². The fraction of sp³-hybridized carbons (Fsp3) is 0.143. The molecule has 2 aromatic carbocycles. The van der Waals surface area contributed by atoms with Gasteiger partial charge < -0.3 is 0 Å². The number of hydrogen-bond acceptors (Lipinski definition) is 2. The van der Waals surface area contributed by atoms with E-state index in [9.17, 15) is 8.78 Å². The number of nitrogens with two attached hydrogens (primary N) is 1. The molecule has 0 heterocycles. The minimum Gasteiger partial charge on any atom is -0.271 e. The Morgan fingerprint density at radius 1 is 1.00 bits per heavy atom. The van der Waals surface area contributed by atoms with E-state index in [1.165, 1.54) is 24.3 Å². The predicted molar refractivity (Wildman–Crippen MR) is 74.4 cm³/mol. The maximum atomic E-state index is 13.4. The van der Waals surface area contributed by atoms with Crippen molar-refractivity contribution in [2.24, 2.45) is 5.84 Å². The molecular weight excluding hydrogens is 314 g/mol. The molecule has 19 heavy (non-hydrogen) atoms. The average Bonchev–Trinajstić information content (AvgIpc) is 2.27. The van der Waals surface area contributed by atoms with Crippen LogP contribution in [0, 0.1) is 18.6 Å². The topological polar surface area (TPSA) is 38.0 Å². The lowest BCUT2D eigenvalue weighted by atomic mass is 9.97. The monoisotopic (exact) mass is 326 g/mol. The number of hydrazine groups is 1. The molecule has 0 saturated carbocycles. The van der Waals surface area contributed by atoms with Gasteiger partial charge in [0.1, 0.15) is 11.6 Å². The molecule has 0 bridgehead atoms. The van der Waals surface area contributed by atoms with Gasteiger partial charge in [-0.25, -0.2) is 14.2 Å². The predicted octanol–water partition coefficient (Wildman–Crippen LogP) is 3.59. The molecule has 2 nitrogen and oxygen atoms in total. The SMILES string of the molecule is Cc1cc(F)cc(C(NN)c2cc(F)cc(Br)c2)c1. The molecule has 0 radical (unpaired) electrons. The number of nitrogens with one attached hydrogen (secondary N) is 1. The quantitative estimate of drug-likeness (QED) is 0.668. The molecule has 0 aliphatic heterocycles. The maximum absolute atomic E-state index is 13.4. The van der Waals surface area contributed by atoms with E-state index in [2.05, 4.69) is 21.4 Å². The third-order valence-electron chi connectivity index (χ3n) is 2.78. The first-order chi connectivity index (χ1) is 8.99. The molecule has 0 fully saturated rings. The van der Waals surface area contributed by atoms with Crippen molar-refractivity contribution < 1.29 is 8.78 Å². The van der Waals surface area contributed by atoms with Crippen molar-refractivity contribution in [1.29, 1.82) is 0 Å². The molecule has 100 valence electrons. The number of hydrogen-bond donors (Lipinski definition) is 2. The number of benzene rings is 2. The minimum absolute atomic E-state index is 0.342. The second-order valence-electron chi connectivity index (χ2n) is 4.36. The van der Waals surface area contributed by atoms with E-state index in [0.717, 1.165) is 5.56 Å². The van der Waals surface area contributed by atoms with Crippen LogP contribution in [0.3, 0.4) is 0 Å². The average molecular weight is 327 g/mol. The van der Waals surface area contributed by atoms with Gasteiger partial charge in [-0.3, -0.25) is 5.84 Å². The second-order valence-corrected chi connectivity index (χ2v) is 5.28. The van der Waals surface area contributed by atoms with E-state index in [0.29, 0.717) is 15.6 Å². The van der Waals surface area contributed by atoms with Crippen LogP contribution < -0.4 is 11.3 Å². The Hall–Kier alpha value is -1.30. The lowest BCUT2D eigenvalue weighted by Gasteiger charge is -2.18. The summed E-state index contributed by atoms with van der Waals surface area (Å²) in [5.41, 5.74) is 4.65. The van der Waals surface area contributed by atoms with Gasteiger partial charge in [-0.15, -0.1) is 0 Å². The summed E-state index contributed by atoms with van der Waals surface area (Å²) in [6, 6.07) is 8.62. The highest BCUT2D eigenvalue weighted by atomic mass is 79.9. The Labute approximate surface area is 118 Å². The highest BCUT2D eigenvalue weighted by Gasteiger charge is 2.15. The zero-order valence-electron chi connectivity index (χ0n) is 10.3. The van der Waals surface area contributed by atoms with Crippen LogP contribution in [0.1, 0.15) is 22.7 Å². The van der Waals surface area contributed by atoms with Gasteiger partial charge in [-0.05, 0) is 53.9 Å². The molecule has 2 rings (SSSR count). The van der Waals surface area contributed by atoms with Crippen molar-refractivity contribution >= 4 is 15.9 Å². The Morgan fingerprint density at radius 3 is 2.11 bits per heavy atom. The van der Waals surface area contributed by atoms with E-state index >= 15 is 0 Å². The van der Waals surface area contributed by atoms with Crippen molar-refractivity contribution in [3.05, 3.63) is 69.2 Å². The van der Waals surface area contributed by atoms with E-state index in [4.69, 9.17) is 5.84 Å². The van der Waals surface area contributed by atoms with Crippen LogP contribution in [0.15, 0.2) is 40.9 Å². The van der Waals surface area contributed by atoms with Crippen LogP contribution >= 0.6 is 15.9 Å². The first kappa shape index (κ1) is 14.1. The summed E-state index contributed by atoms with van der Waals surface area (Å²) in [7, 11) is 0. The molecule has 5 heteroatoms. The highest BCUT2D eigenvalue weighted by Crippen LogP contribution is 2.26. The third-order valence-corrected chi connectivity index (χ3v) is 3.24. The van der Waals surface area contributed by atoms with Gasteiger partial charge in [0.25, 0.3) is 0 Å². The van der Waals surface area contributed by atoms with Gasteiger partial charge >= 0.3 is 0 Å². The summed E-state index contributed by atoms with van der Waals surface area (Å²) in [5, 5.41) is 0. The minimum atomic E-state index is -0.471. The first-order valence-electron chi connectivity index (χ1n) is 5.69. The molecule has 0 amide bonds. The summed E-state index contributed by atoms with van der Waals surface area (Å²) in [6.45, 7) is 1.79. The number of halogens is 3. The first-order valence-corrected chi connectivity index (χ1v) is 6.48. The Bertz CT molecular complexity index is 510. The molecule has 0 spiro atoms. The standard InChI is InChI=1S/C14H13BrF2N2/c1-8-2-9(5-12(16)3-8)14(19-18)10-4-11(15)7-13(17)6-10/h2-7,14,19H,18H2,1H3. The van der Waals surface area contributed by atoms with Crippen LogP contribution in [-0.2, 0) is 0 Å². The third kappa shape index (κ3) is 3.37. The molecule has 0 aromatic heterocycles. The summed E-state index contributed by atoms with van der Waals surface area (Å²) in [6.07, 6.45) is 0.